The molecule has 1 fully saturated rings. The van der Waals surface area contributed by atoms with Crippen LogP contribution >= 0.6 is 0 Å². The van der Waals surface area contributed by atoms with E-state index in [0.29, 0.717) is 12.3 Å². The Kier molecular flexibility index (Phi) is 6.02. The first-order valence-corrected chi connectivity index (χ1v) is 7.83. The van der Waals surface area contributed by atoms with Crippen LogP contribution in [0.3, 0.4) is 0 Å². The third-order valence-corrected chi connectivity index (χ3v) is 4.06. The Bertz CT molecular complexity index is 457. The molecule has 5 heteroatoms. The lowest BCUT2D eigenvalue weighted by Gasteiger charge is -2.29. The lowest BCUT2D eigenvalue weighted by molar-refractivity contribution is -1.01. The quantitative estimate of drug-likeness (QED) is 0.619. The van der Waals surface area contributed by atoms with Crippen molar-refractivity contribution in [3.05, 3.63) is 24.3 Å². The van der Waals surface area contributed by atoms with Gasteiger partial charge in [-0.05, 0) is 18.6 Å². The molecule has 1 aromatic rings. The third-order valence-electron chi connectivity index (χ3n) is 4.06. The van der Waals surface area contributed by atoms with E-state index in [1.165, 1.54) is 31.0 Å². The van der Waals surface area contributed by atoms with E-state index in [4.69, 9.17) is 4.74 Å². The number of quaternary nitrogens is 2. The highest BCUT2D eigenvalue weighted by Crippen LogP contribution is 2.22. The van der Waals surface area contributed by atoms with Crippen LogP contribution < -0.4 is 19.9 Å². The summed E-state index contributed by atoms with van der Waals surface area (Å²) in [4.78, 5) is 15.2. The summed E-state index contributed by atoms with van der Waals surface area (Å²) in [6, 6.07) is 7.53. The molecule has 0 unspecified atom stereocenters. The van der Waals surface area contributed by atoms with E-state index in [9.17, 15) is 4.79 Å². The first kappa shape index (κ1) is 15.8. The van der Waals surface area contributed by atoms with Gasteiger partial charge in [0.25, 0.3) is 5.91 Å². The molecular formula is C16H27N3O2+2. The van der Waals surface area contributed by atoms with Crippen molar-refractivity contribution in [3.8, 4) is 5.75 Å². The van der Waals surface area contributed by atoms with E-state index >= 15 is 0 Å². The van der Waals surface area contributed by atoms with Gasteiger partial charge >= 0.3 is 0 Å². The number of amides is 1. The van der Waals surface area contributed by atoms with Gasteiger partial charge in [-0.2, -0.15) is 0 Å². The van der Waals surface area contributed by atoms with Gasteiger partial charge in [0.05, 0.1) is 19.3 Å². The summed E-state index contributed by atoms with van der Waals surface area (Å²) in [5, 5.41) is 2.95. The summed E-state index contributed by atoms with van der Waals surface area (Å²) in [6.45, 7) is 8.52. The lowest BCUT2D eigenvalue weighted by atomic mass is 10.2. The lowest BCUT2D eigenvalue weighted by Crippen LogP contribution is -3.28. The van der Waals surface area contributed by atoms with E-state index in [2.05, 4.69) is 12.2 Å². The van der Waals surface area contributed by atoms with Gasteiger partial charge in [0.2, 0.25) is 0 Å². The van der Waals surface area contributed by atoms with Crippen molar-refractivity contribution in [2.45, 2.75) is 13.3 Å². The van der Waals surface area contributed by atoms with E-state index in [1.807, 2.05) is 24.3 Å². The molecule has 3 N–H and O–H groups in total. The maximum absolute atomic E-state index is 12.2. The second kappa shape index (κ2) is 8.00. The van der Waals surface area contributed by atoms with Gasteiger partial charge in [-0.25, -0.2) is 0 Å². The number of piperazine rings is 1. The zero-order valence-corrected chi connectivity index (χ0v) is 13.1. The number of rotatable bonds is 6. The summed E-state index contributed by atoms with van der Waals surface area (Å²) in [7, 11) is 1.62. The Balaban J connectivity index is 1.80. The summed E-state index contributed by atoms with van der Waals surface area (Å²) in [5.41, 5.74) is 0.750. The standard InChI is InChI=1S/C16H25N3O2/c1-3-8-18-9-11-19(12-10-18)13-16(20)17-14-6-4-5-7-15(14)21-2/h4-7H,3,8-13H2,1-2H3,(H,17,20)/p+2. The molecule has 2 rings (SSSR count). The second-order valence-corrected chi connectivity index (χ2v) is 5.68. The van der Waals surface area contributed by atoms with Crippen LogP contribution in [0.25, 0.3) is 0 Å². The van der Waals surface area contributed by atoms with Gasteiger partial charge in [0, 0.05) is 0 Å². The zero-order chi connectivity index (χ0) is 15.1. The van der Waals surface area contributed by atoms with Crippen LogP contribution in [0.5, 0.6) is 5.75 Å². The third kappa shape index (κ3) is 4.72. The van der Waals surface area contributed by atoms with Crippen molar-refractivity contribution in [3.63, 3.8) is 0 Å². The van der Waals surface area contributed by atoms with Crippen molar-refractivity contribution in [1.29, 1.82) is 0 Å². The molecule has 1 aromatic carbocycles. The number of hydrogen-bond donors (Lipinski definition) is 3. The van der Waals surface area contributed by atoms with Crippen LogP contribution in [0.1, 0.15) is 13.3 Å². The fourth-order valence-corrected chi connectivity index (χ4v) is 2.91. The van der Waals surface area contributed by atoms with Crippen molar-refractivity contribution in [2.75, 3.05) is 51.7 Å². The second-order valence-electron chi connectivity index (χ2n) is 5.68. The van der Waals surface area contributed by atoms with Gasteiger partial charge in [-0.1, -0.05) is 19.1 Å². The summed E-state index contributed by atoms with van der Waals surface area (Å²) in [6.07, 6.45) is 1.24. The SMILES string of the molecule is CCC[NH+]1CC[NH+](CC(=O)Nc2ccccc2OC)CC1. The van der Waals surface area contributed by atoms with Crippen molar-refractivity contribution < 1.29 is 19.3 Å². The van der Waals surface area contributed by atoms with Gasteiger partial charge in [-0.3, -0.25) is 4.79 Å². The maximum Gasteiger partial charge on any atom is 0.279 e. The molecule has 0 atom stereocenters. The first-order chi connectivity index (χ1) is 10.2. The van der Waals surface area contributed by atoms with Gasteiger partial charge in [0.15, 0.2) is 6.54 Å². The maximum atomic E-state index is 12.2. The Morgan fingerprint density at radius 2 is 1.86 bits per heavy atom. The minimum Gasteiger partial charge on any atom is -0.495 e. The minimum atomic E-state index is 0.0634. The number of para-hydroxylation sites is 2. The van der Waals surface area contributed by atoms with Crippen molar-refractivity contribution in [2.24, 2.45) is 0 Å². The number of methoxy groups -OCH3 is 1. The fourth-order valence-electron chi connectivity index (χ4n) is 2.91. The Labute approximate surface area is 126 Å². The van der Waals surface area contributed by atoms with Crippen LogP contribution in [-0.4, -0.2) is 52.3 Å². The Hall–Kier alpha value is -1.59. The highest BCUT2D eigenvalue weighted by atomic mass is 16.5. The molecule has 1 amide bonds. The number of anilines is 1. The van der Waals surface area contributed by atoms with Gasteiger partial charge in [-0.15, -0.1) is 0 Å². The zero-order valence-electron chi connectivity index (χ0n) is 13.1. The molecule has 0 aliphatic carbocycles. The van der Waals surface area contributed by atoms with E-state index < -0.39 is 0 Å². The largest absolute Gasteiger partial charge is 0.495 e. The van der Waals surface area contributed by atoms with Crippen LogP contribution in [-0.2, 0) is 4.79 Å². The molecule has 1 saturated heterocycles. The Morgan fingerprint density at radius 3 is 2.52 bits per heavy atom. The van der Waals surface area contributed by atoms with E-state index in [1.54, 1.807) is 12.0 Å². The number of hydrogen-bond acceptors (Lipinski definition) is 2. The number of carbonyl (C=O) groups excluding carboxylic acids is 1. The molecule has 21 heavy (non-hydrogen) atoms. The molecule has 0 aromatic heterocycles. The van der Waals surface area contributed by atoms with E-state index in [-0.39, 0.29) is 5.91 Å². The van der Waals surface area contributed by atoms with E-state index in [0.717, 1.165) is 18.8 Å². The number of benzene rings is 1. The average molecular weight is 293 g/mol. The molecule has 0 spiro atoms. The highest BCUT2D eigenvalue weighted by Gasteiger charge is 2.24. The molecule has 1 aliphatic rings. The first-order valence-electron chi connectivity index (χ1n) is 7.83. The van der Waals surface area contributed by atoms with Crippen LogP contribution in [0.2, 0.25) is 0 Å². The normalized spacial score (nSPS) is 21.8. The molecule has 0 radical (unpaired) electrons. The number of ether oxygens (including phenoxy) is 1. The van der Waals surface area contributed by atoms with Gasteiger partial charge in [0.1, 0.15) is 31.9 Å². The predicted molar refractivity (Wildman–Crippen MR) is 83.0 cm³/mol. The average Bonchev–Trinajstić information content (AvgIpc) is 2.50. The molecule has 5 nitrogen and oxygen atoms in total. The van der Waals surface area contributed by atoms with Gasteiger partial charge < -0.3 is 19.9 Å². The summed E-state index contributed by atoms with van der Waals surface area (Å²) >= 11 is 0. The summed E-state index contributed by atoms with van der Waals surface area (Å²) in [5.74, 6) is 0.770. The minimum absolute atomic E-state index is 0.0634. The van der Waals surface area contributed by atoms with Crippen molar-refractivity contribution >= 4 is 11.6 Å². The van der Waals surface area contributed by atoms with Crippen LogP contribution in [0.15, 0.2) is 24.3 Å². The number of nitrogens with one attached hydrogen (secondary N) is 3. The Morgan fingerprint density at radius 1 is 1.19 bits per heavy atom. The molecule has 1 aliphatic heterocycles. The molecular weight excluding hydrogens is 266 g/mol. The predicted octanol–water partition coefficient (Wildman–Crippen LogP) is -1.17. The molecule has 116 valence electrons. The smallest absolute Gasteiger partial charge is 0.279 e. The topological polar surface area (TPSA) is 47.2 Å². The van der Waals surface area contributed by atoms with Crippen LogP contribution in [0.4, 0.5) is 5.69 Å². The summed E-state index contributed by atoms with van der Waals surface area (Å²) < 4.78 is 5.25. The van der Waals surface area contributed by atoms with Crippen LogP contribution in [0, 0.1) is 0 Å². The number of carbonyl (C=O) groups is 1. The monoisotopic (exact) mass is 293 g/mol. The molecule has 0 bridgehead atoms. The molecule has 0 saturated carbocycles. The fraction of sp³-hybridized carbons (Fsp3) is 0.562. The molecule has 1 heterocycles. The highest BCUT2D eigenvalue weighted by molar-refractivity contribution is 5.92. The van der Waals surface area contributed by atoms with Crippen molar-refractivity contribution in [1.82, 2.24) is 0 Å².